The zero-order chi connectivity index (χ0) is 16.4. The van der Waals surface area contributed by atoms with Crippen LogP contribution in [-0.4, -0.2) is 20.7 Å². The molecule has 2 heterocycles. The molecule has 0 fully saturated rings. The Hall–Kier alpha value is -3.02. The van der Waals surface area contributed by atoms with Gasteiger partial charge < -0.3 is 5.32 Å². The highest BCUT2D eigenvalue weighted by molar-refractivity contribution is 6.04. The maximum absolute atomic E-state index is 13.0. The van der Waals surface area contributed by atoms with Crippen LogP contribution in [-0.2, 0) is 0 Å². The Morgan fingerprint density at radius 1 is 1.13 bits per heavy atom. The Bertz CT molecular complexity index is 855. The fourth-order valence-electron chi connectivity index (χ4n) is 2.27. The SMILES string of the molecule is Cc1cccc(NC(=O)c2cnn(-c3ccc(F)cc3)c2C)n1. The maximum atomic E-state index is 13.0. The van der Waals surface area contributed by atoms with Gasteiger partial charge in [-0.3, -0.25) is 4.79 Å². The van der Waals surface area contributed by atoms with Gasteiger partial charge in [0.05, 0.1) is 23.1 Å². The molecule has 6 heteroatoms. The van der Waals surface area contributed by atoms with Crippen LogP contribution in [0.15, 0.2) is 48.7 Å². The number of hydrogen-bond donors (Lipinski definition) is 1. The topological polar surface area (TPSA) is 59.8 Å². The molecule has 0 radical (unpaired) electrons. The summed E-state index contributed by atoms with van der Waals surface area (Å²) >= 11 is 0. The largest absolute Gasteiger partial charge is 0.306 e. The quantitative estimate of drug-likeness (QED) is 0.807. The van der Waals surface area contributed by atoms with Gasteiger partial charge in [0, 0.05) is 5.69 Å². The number of rotatable bonds is 3. The zero-order valence-corrected chi connectivity index (χ0v) is 12.7. The molecule has 0 unspecified atom stereocenters. The second kappa shape index (κ2) is 6.00. The van der Waals surface area contributed by atoms with E-state index in [4.69, 9.17) is 0 Å². The van der Waals surface area contributed by atoms with Gasteiger partial charge in [0.15, 0.2) is 0 Å². The Kier molecular flexibility index (Phi) is 3.89. The molecule has 3 rings (SSSR count). The van der Waals surface area contributed by atoms with Crippen LogP contribution >= 0.6 is 0 Å². The Balaban J connectivity index is 1.86. The Morgan fingerprint density at radius 3 is 2.57 bits per heavy atom. The van der Waals surface area contributed by atoms with Gasteiger partial charge in [0.1, 0.15) is 11.6 Å². The van der Waals surface area contributed by atoms with Crippen LogP contribution in [0.1, 0.15) is 21.7 Å². The van der Waals surface area contributed by atoms with Gasteiger partial charge in [0.25, 0.3) is 5.91 Å². The van der Waals surface area contributed by atoms with Crippen LogP contribution in [0.4, 0.5) is 10.2 Å². The van der Waals surface area contributed by atoms with Gasteiger partial charge in [-0.15, -0.1) is 0 Å². The molecule has 0 aliphatic carbocycles. The Labute approximate surface area is 132 Å². The number of carbonyl (C=O) groups excluding carboxylic acids is 1. The van der Waals surface area contributed by atoms with E-state index in [-0.39, 0.29) is 11.7 Å². The number of carbonyl (C=O) groups is 1. The van der Waals surface area contributed by atoms with Gasteiger partial charge in [-0.05, 0) is 50.2 Å². The van der Waals surface area contributed by atoms with Gasteiger partial charge in [-0.2, -0.15) is 5.10 Å². The minimum atomic E-state index is -0.318. The van der Waals surface area contributed by atoms with E-state index < -0.39 is 0 Å². The monoisotopic (exact) mass is 310 g/mol. The first-order chi connectivity index (χ1) is 11.0. The molecule has 3 aromatic rings. The highest BCUT2D eigenvalue weighted by Crippen LogP contribution is 2.16. The number of nitrogens with zero attached hydrogens (tertiary/aromatic N) is 3. The fraction of sp³-hybridized carbons (Fsp3) is 0.118. The van der Waals surface area contributed by atoms with Crippen molar-refractivity contribution in [2.75, 3.05) is 5.32 Å². The number of benzene rings is 1. The van der Waals surface area contributed by atoms with Crippen LogP contribution in [0.5, 0.6) is 0 Å². The maximum Gasteiger partial charge on any atom is 0.260 e. The smallest absolute Gasteiger partial charge is 0.260 e. The first kappa shape index (κ1) is 14.9. The van der Waals surface area contributed by atoms with Crippen molar-refractivity contribution in [3.63, 3.8) is 0 Å². The van der Waals surface area contributed by atoms with E-state index in [0.29, 0.717) is 22.8 Å². The first-order valence-corrected chi connectivity index (χ1v) is 7.10. The van der Waals surface area contributed by atoms with E-state index >= 15 is 0 Å². The molecule has 0 saturated heterocycles. The van der Waals surface area contributed by atoms with E-state index in [1.165, 1.54) is 18.3 Å². The summed E-state index contributed by atoms with van der Waals surface area (Å²) in [6.07, 6.45) is 1.49. The number of halogens is 1. The molecule has 0 saturated carbocycles. The van der Waals surface area contributed by atoms with E-state index in [0.717, 1.165) is 5.69 Å². The second-order valence-electron chi connectivity index (χ2n) is 5.15. The van der Waals surface area contributed by atoms with Gasteiger partial charge in [-0.25, -0.2) is 14.1 Å². The molecule has 2 aromatic heterocycles. The van der Waals surface area contributed by atoms with Crippen molar-refractivity contribution in [2.45, 2.75) is 13.8 Å². The predicted octanol–water partition coefficient (Wildman–Crippen LogP) is 3.28. The van der Waals surface area contributed by atoms with Crippen LogP contribution in [0.3, 0.4) is 0 Å². The summed E-state index contributed by atoms with van der Waals surface area (Å²) in [5, 5.41) is 6.96. The van der Waals surface area contributed by atoms with E-state index in [1.54, 1.807) is 29.8 Å². The summed E-state index contributed by atoms with van der Waals surface area (Å²) in [5.41, 5.74) is 2.62. The lowest BCUT2D eigenvalue weighted by molar-refractivity contribution is 0.102. The Morgan fingerprint density at radius 2 is 1.87 bits per heavy atom. The molecule has 5 nitrogen and oxygen atoms in total. The summed E-state index contributed by atoms with van der Waals surface area (Å²) in [5.74, 6) is -0.111. The van der Waals surface area contributed by atoms with Crippen molar-refractivity contribution < 1.29 is 9.18 Å². The molecular formula is C17H15FN4O. The number of amides is 1. The van der Waals surface area contributed by atoms with Crippen molar-refractivity contribution in [1.29, 1.82) is 0 Å². The molecule has 1 N–H and O–H groups in total. The average Bonchev–Trinajstić information content (AvgIpc) is 2.90. The van der Waals surface area contributed by atoms with E-state index in [9.17, 15) is 9.18 Å². The lowest BCUT2D eigenvalue weighted by Crippen LogP contribution is -2.14. The van der Waals surface area contributed by atoms with Crippen molar-refractivity contribution in [2.24, 2.45) is 0 Å². The number of aryl methyl sites for hydroxylation is 1. The van der Waals surface area contributed by atoms with Crippen molar-refractivity contribution in [3.8, 4) is 5.69 Å². The standard InChI is InChI=1S/C17H15FN4O/c1-11-4-3-5-16(20-11)21-17(23)15-10-19-22(12(15)2)14-8-6-13(18)7-9-14/h3-10H,1-2H3,(H,20,21,23). The normalized spacial score (nSPS) is 10.6. The first-order valence-electron chi connectivity index (χ1n) is 7.10. The molecule has 1 amide bonds. The highest BCUT2D eigenvalue weighted by Gasteiger charge is 2.15. The third-order valence-corrected chi connectivity index (χ3v) is 3.46. The van der Waals surface area contributed by atoms with Crippen molar-refractivity contribution >= 4 is 11.7 Å². The number of anilines is 1. The van der Waals surface area contributed by atoms with E-state index in [1.807, 2.05) is 19.1 Å². The number of pyridine rings is 1. The molecule has 0 atom stereocenters. The van der Waals surface area contributed by atoms with Crippen LogP contribution in [0, 0.1) is 19.7 Å². The molecule has 0 bridgehead atoms. The molecular weight excluding hydrogens is 295 g/mol. The minimum Gasteiger partial charge on any atom is -0.306 e. The van der Waals surface area contributed by atoms with Crippen molar-refractivity contribution in [1.82, 2.24) is 14.8 Å². The highest BCUT2D eigenvalue weighted by atomic mass is 19.1. The third kappa shape index (κ3) is 3.11. The van der Waals surface area contributed by atoms with Crippen molar-refractivity contribution in [3.05, 3.63) is 71.4 Å². The second-order valence-corrected chi connectivity index (χ2v) is 5.15. The van der Waals surface area contributed by atoms with Crippen LogP contribution in [0.2, 0.25) is 0 Å². The summed E-state index contributed by atoms with van der Waals surface area (Å²) in [7, 11) is 0. The van der Waals surface area contributed by atoms with Crippen LogP contribution < -0.4 is 5.32 Å². The number of nitrogens with one attached hydrogen (secondary N) is 1. The van der Waals surface area contributed by atoms with Gasteiger partial charge in [-0.1, -0.05) is 6.07 Å². The molecule has 0 aliphatic heterocycles. The lowest BCUT2D eigenvalue weighted by Gasteiger charge is -2.06. The minimum absolute atomic E-state index is 0.283. The average molecular weight is 310 g/mol. The molecule has 23 heavy (non-hydrogen) atoms. The molecule has 116 valence electrons. The molecule has 0 spiro atoms. The van der Waals surface area contributed by atoms with Gasteiger partial charge >= 0.3 is 0 Å². The van der Waals surface area contributed by atoms with Crippen LogP contribution in [0.25, 0.3) is 5.69 Å². The summed E-state index contributed by atoms with van der Waals surface area (Å²) in [4.78, 5) is 16.6. The molecule has 1 aromatic carbocycles. The number of hydrogen-bond acceptors (Lipinski definition) is 3. The predicted molar refractivity (Wildman–Crippen MR) is 85.2 cm³/mol. The summed E-state index contributed by atoms with van der Waals surface area (Å²) in [6.45, 7) is 3.64. The summed E-state index contributed by atoms with van der Waals surface area (Å²) in [6, 6.07) is 11.3. The zero-order valence-electron chi connectivity index (χ0n) is 12.7. The van der Waals surface area contributed by atoms with Gasteiger partial charge in [0.2, 0.25) is 0 Å². The molecule has 0 aliphatic rings. The summed E-state index contributed by atoms with van der Waals surface area (Å²) < 4.78 is 14.6. The number of aromatic nitrogens is 3. The lowest BCUT2D eigenvalue weighted by atomic mass is 10.2. The third-order valence-electron chi connectivity index (χ3n) is 3.46. The fourth-order valence-corrected chi connectivity index (χ4v) is 2.27. The van der Waals surface area contributed by atoms with E-state index in [2.05, 4.69) is 15.4 Å².